The van der Waals surface area contributed by atoms with Crippen LogP contribution in [0, 0.1) is 11.8 Å². The van der Waals surface area contributed by atoms with Gasteiger partial charge in [-0.3, -0.25) is 9.59 Å². The van der Waals surface area contributed by atoms with Crippen molar-refractivity contribution in [3.05, 3.63) is 35.9 Å². The van der Waals surface area contributed by atoms with E-state index in [-0.39, 0.29) is 42.7 Å². The molecule has 1 saturated heterocycles. The molecule has 1 heterocycles. The maximum absolute atomic E-state index is 12.4. The summed E-state index contributed by atoms with van der Waals surface area (Å²) >= 11 is 0. The van der Waals surface area contributed by atoms with Crippen molar-refractivity contribution in [1.82, 2.24) is 10.2 Å². The first-order chi connectivity index (χ1) is 11.0. The van der Waals surface area contributed by atoms with Crippen LogP contribution in [-0.2, 0) is 16.1 Å². The number of likely N-dealkylation sites (tertiary alicyclic amines) is 1. The Hall–Kier alpha value is -1.88. The molecule has 1 aromatic carbocycles. The van der Waals surface area contributed by atoms with Crippen LogP contribution in [0.3, 0.4) is 0 Å². The van der Waals surface area contributed by atoms with E-state index in [4.69, 9.17) is 0 Å². The van der Waals surface area contributed by atoms with Gasteiger partial charge < -0.3 is 15.3 Å². The number of rotatable bonds is 7. The molecule has 0 aromatic heterocycles. The molecular weight excluding hydrogens is 292 g/mol. The summed E-state index contributed by atoms with van der Waals surface area (Å²) in [6.07, 6.45) is 1.13. The van der Waals surface area contributed by atoms with E-state index in [0.717, 1.165) is 12.0 Å². The molecule has 23 heavy (non-hydrogen) atoms. The van der Waals surface area contributed by atoms with E-state index in [1.807, 2.05) is 44.2 Å². The third-order valence-electron chi connectivity index (χ3n) is 4.66. The third kappa shape index (κ3) is 4.55. The molecule has 0 saturated carbocycles. The number of hydrogen-bond acceptors (Lipinski definition) is 3. The number of nitrogens with zero attached hydrogens (tertiary/aromatic N) is 1. The fourth-order valence-electron chi connectivity index (χ4n) is 2.86. The average molecular weight is 318 g/mol. The van der Waals surface area contributed by atoms with Crippen molar-refractivity contribution < 1.29 is 14.7 Å². The van der Waals surface area contributed by atoms with E-state index < -0.39 is 0 Å². The highest BCUT2D eigenvalue weighted by Gasteiger charge is 2.35. The predicted octanol–water partition coefficient (Wildman–Crippen LogP) is 1.56. The van der Waals surface area contributed by atoms with Crippen molar-refractivity contribution in [3.8, 4) is 0 Å². The molecule has 1 aromatic rings. The highest BCUT2D eigenvalue weighted by atomic mass is 16.3. The molecule has 2 N–H and O–H groups in total. The van der Waals surface area contributed by atoms with Gasteiger partial charge in [0.1, 0.15) is 0 Å². The van der Waals surface area contributed by atoms with Crippen molar-refractivity contribution in [1.29, 1.82) is 0 Å². The molecule has 1 aliphatic rings. The second kappa shape index (κ2) is 8.11. The van der Waals surface area contributed by atoms with Crippen molar-refractivity contribution in [3.63, 3.8) is 0 Å². The van der Waals surface area contributed by atoms with Crippen LogP contribution >= 0.6 is 0 Å². The van der Waals surface area contributed by atoms with Crippen molar-refractivity contribution in [2.45, 2.75) is 39.3 Å². The summed E-state index contributed by atoms with van der Waals surface area (Å²) in [5, 5.41) is 12.3. The molecule has 5 nitrogen and oxygen atoms in total. The normalized spacial score (nSPS) is 20.4. The fourth-order valence-corrected chi connectivity index (χ4v) is 2.86. The summed E-state index contributed by atoms with van der Waals surface area (Å²) in [5.74, 6) is -0.239. The molecule has 0 aliphatic carbocycles. The number of carbonyl (C=O) groups is 2. The predicted molar refractivity (Wildman–Crippen MR) is 88.4 cm³/mol. The van der Waals surface area contributed by atoms with Crippen molar-refractivity contribution in [2.24, 2.45) is 11.8 Å². The van der Waals surface area contributed by atoms with Gasteiger partial charge in [0.15, 0.2) is 0 Å². The Morgan fingerprint density at radius 3 is 2.70 bits per heavy atom. The van der Waals surface area contributed by atoms with E-state index in [1.54, 1.807) is 4.90 Å². The first-order valence-corrected chi connectivity index (χ1v) is 8.28. The van der Waals surface area contributed by atoms with Crippen LogP contribution in [0.25, 0.3) is 0 Å². The molecule has 0 unspecified atom stereocenters. The SMILES string of the molecule is CC[C@H](C)[C@@H](CO)NC(=O)[C@@H]1CC(=O)N(Cc2ccccc2)C1. The number of aliphatic hydroxyl groups excluding tert-OH is 1. The Bertz CT molecular complexity index is 532. The molecule has 5 heteroatoms. The smallest absolute Gasteiger partial charge is 0.225 e. The van der Waals surface area contributed by atoms with E-state index >= 15 is 0 Å². The van der Waals surface area contributed by atoms with Crippen LogP contribution in [0.5, 0.6) is 0 Å². The summed E-state index contributed by atoms with van der Waals surface area (Å²) < 4.78 is 0. The van der Waals surface area contributed by atoms with Gasteiger partial charge in [0.25, 0.3) is 0 Å². The molecule has 126 valence electrons. The summed E-state index contributed by atoms with van der Waals surface area (Å²) in [6, 6.07) is 9.54. The largest absolute Gasteiger partial charge is 0.394 e. The monoisotopic (exact) mass is 318 g/mol. The molecule has 2 rings (SSSR count). The van der Waals surface area contributed by atoms with Gasteiger partial charge in [-0.25, -0.2) is 0 Å². The zero-order valence-electron chi connectivity index (χ0n) is 13.9. The van der Waals surface area contributed by atoms with E-state index in [2.05, 4.69) is 5.32 Å². The number of carbonyl (C=O) groups excluding carboxylic acids is 2. The molecule has 1 aliphatic heterocycles. The van der Waals surface area contributed by atoms with Crippen molar-refractivity contribution in [2.75, 3.05) is 13.2 Å². The summed E-state index contributed by atoms with van der Waals surface area (Å²) in [7, 11) is 0. The van der Waals surface area contributed by atoms with Crippen molar-refractivity contribution >= 4 is 11.8 Å². The van der Waals surface area contributed by atoms with Gasteiger partial charge in [-0.2, -0.15) is 0 Å². The molecule has 1 fully saturated rings. The summed E-state index contributed by atoms with van der Waals surface area (Å²) in [6.45, 7) is 4.94. The lowest BCUT2D eigenvalue weighted by Crippen LogP contribution is -2.45. The average Bonchev–Trinajstić information content (AvgIpc) is 2.93. The van der Waals surface area contributed by atoms with Crippen LogP contribution < -0.4 is 5.32 Å². The number of aliphatic hydroxyl groups is 1. The number of hydrogen-bond donors (Lipinski definition) is 2. The molecule has 3 atom stereocenters. The third-order valence-corrected chi connectivity index (χ3v) is 4.66. The van der Waals surface area contributed by atoms with Gasteiger partial charge in [0.05, 0.1) is 18.6 Å². The molecular formula is C18H26N2O3. The Morgan fingerprint density at radius 2 is 2.09 bits per heavy atom. The second-order valence-electron chi connectivity index (χ2n) is 6.34. The molecule has 2 amide bonds. The molecule has 0 radical (unpaired) electrons. The maximum Gasteiger partial charge on any atom is 0.225 e. The quantitative estimate of drug-likeness (QED) is 0.801. The van der Waals surface area contributed by atoms with Crippen LogP contribution in [0.2, 0.25) is 0 Å². The molecule has 0 spiro atoms. The van der Waals surface area contributed by atoms with Gasteiger partial charge in [-0.1, -0.05) is 50.6 Å². The van der Waals surface area contributed by atoms with E-state index in [9.17, 15) is 14.7 Å². The Balaban J connectivity index is 1.92. The van der Waals surface area contributed by atoms with Crippen LogP contribution in [0.15, 0.2) is 30.3 Å². The van der Waals surface area contributed by atoms with Gasteiger partial charge in [-0.05, 0) is 11.5 Å². The van der Waals surface area contributed by atoms with Crippen LogP contribution in [0.4, 0.5) is 0 Å². The van der Waals surface area contributed by atoms with Crippen LogP contribution in [0.1, 0.15) is 32.3 Å². The Morgan fingerprint density at radius 1 is 1.39 bits per heavy atom. The highest BCUT2D eigenvalue weighted by Crippen LogP contribution is 2.21. The minimum atomic E-state index is -0.329. The zero-order valence-corrected chi connectivity index (χ0v) is 13.9. The standard InChI is InChI=1S/C18H26N2O3/c1-3-13(2)16(12-21)19-18(23)15-9-17(22)20(11-15)10-14-7-5-4-6-8-14/h4-8,13,15-16,21H,3,9-12H2,1-2H3,(H,19,23)/t13-,15+,16+/m0/s1. The van der Waals surface area contributed by atoms with Gasteiger partial charge in [0.2, 0.25) is 11.8 Å². The van der Waals surface area contributed by atoms with E-state index in [0.29, 0.717) is 13.1 Å². The van der Waals surface area contributed by atoms with Gasteiger partial charge >= 0.3 is 0 Å². The highest BCUT2D eigenvalue weighted by molar-refractivity contribution is 5.89. The number of nitrogens with one attached hydrogen (secondary N) is 1. The topological polar surface area (TPSA) is 69.6 Å². The lowest BCUT2D eigenvalue weighted by atomic mass is 9.98. The lowest BCUT2D eigenvalue weighted by molar-refractivity contribution is -0.129. The Kier molecular flexibility index (Phi) is 6.16. The first kappa shape index (κ1) is 17.5. The van der Waals surface area contributed by atoms with E-state index in [1.165, 1.54) is 0 Å². The van der Waals surface area contributed by atoms with Crippen LogP contribution in [-0.4, -0.2) is 41.0 Å². The van der Waals surface area contributed by atoms with Gasteiger partial charge in [0, 0.05) is 19.5 Å². The second-order valence-corrected chi connectivity index (χ2v) is 6.34. The first-order valence-electron chi connectivity index (χ1n) is 8.28. The molecule has 0 bridgehead atoms. The minimum Gasteiger partial charge on any atom is -0.394 e. The fraction of sp³-hybridized carbons (Fsp3) is 0.556. The summed E-state index contributed by atoms with van der Waals surface area (Å²) in [4.78, 5) is 26.2. The number of amides is 2. The number of benzene rings is 1. The Labute approximate surface area is 137 Å². The zero-order chi connectivity index (χ0) is 16.8. The van der Waals surface area contributed by atoms with Gasteiger partial charge in [-0.15, -0.1) is 0 Å². The maximum atomic E-state index is 12.4. The minimum absolute atomic E-state index is 0.0121. The summed E-state index contributed by atoms with van der Waals surface area (Å²) in [5.41, 5.74) is 1.06. The lowest BCUT2D eigenvalue weighted by Gasteiger charge is -2.24.